The van der Waals surface area contributed by atoms with Gasteiger partial charge in [0.05, 0.1) is 6.04 Å². The van der Waals surface area contributed by atoms with Crippen LogP contribution in [0.1, 0.15) is 17.2 Å². The number of nitrogens with zero attached hydrogens (tertiary/aromatic N) is 2. The number of hydrogen-bond acceptors (Lipinski definition) is 3. The van der Waals surface area contributed by atoms with Gasteiger partial charge < -0.3 is 14.5 Å². The second-order valence-electron chi connectivity index (χ2n) is 4.87. The molecule has 0 fully saturated rings. The normalized spacial score (nSPS) is 12.3. The lowest BCUT2D eigenvalue weighted by Crippen LogP contribution is -2.41. The Labute approximate surface area is 117 Å². The van der Waals surface area contributed by atoms with Crippen molar-refractivity contribution in [3.63, 3.8) is 0 Å². The van der Waals surface area contributed by atoms with Crippen LogP contribution in [-0.2, 0) is 13.6 Å². The molecular weight excluding hydrogens is 254 g/mol. The molecule has 0 radical (unpaired) electrons. The van der Waals surface area contributed by atoms with E-state index < -0.39 is 11.1 Å². The molecule has 1 unspecified atom stereocenters. The van der Waals surface area contributed by atoms with Crippen molar-refractivity contribution in [3.8, 4) is 0 Å². The first kappa shape index (κ1) is 14.3. The van der Waals surface area contributed by atoms with Crippen molar-refractivity contribution in [2.75, 3.05) is 7.05 Å². The third kappa shape index (κ3) is 2.72. The lowest BCUT2D eigenvalue weighted by molar-refractivity contribution is 0.482. The molecule has 5 heteroatoms. The molecule has 106 valence electrons. The first-order valence-electron chi connectivity index (χ1n) is 6.53. The Hall–Kier alpha value is -2.14. The second kappa shape index (κ2) is 5.88. The topological polar surface area (TPSA) is 56.0 Å². The van der Waals surface area contributed by atoms with Crippen LogP contribution in [0.5, 0.6) is 0 Å². The van der Waals surface area contributed by atoms with Crippen molar-refractivity contribution in [1.29, 1.82) is 0 Å². The van der Waals surface area contributed by atoms with Gasteiger partial charge in [-0.05, 0) is 25.1 Å². The van der Waals surface area contributed by atoms with Crippen LogP contribution in [0.15, 0.2) is 46.2 Å². The van der Waals surface area contributed by atoms with E-state index in [2.05, 4.69) is 5.32 Å². The first-order valence-corrected chi connectivity index (χ1v) is 6.53. The largest absolute Gasteiger partial charge is 0.316 e. The number of benzene rings is 1. The average Bonchev–Trinajstić information content (AvgIpc) is 2.45. The van der Waals surface area contributed by atoms with Gasteiger partial charge in [-0.2, -0.15) is 0 Å². The Kier molecular flexibility index (Phi) is 4.20. The summed E-state index contributed by atoms with van der Waals surface area (Å²) in [6, 6.07) is 8.01. The van der Waals surface area contributed by atoms with E-state index in [1.165, 1.54) is 9.13 Å². The molecule has 0 saturated carbocycles. The van der Waals surface area contributed by atoms with Gasteiger partial charge in [0.25, 0.3) is 0 Å². The zero-order valence-corrected chi connectivity index (χ0v) is 12.0. The Morgan fingerprint density at radius 1 is 1.15 bits per heavy atom. The summed E-state index contributed by atoms with van der Waals surface area (Å²) in [6.45, 7) is 2.46. The minimum absolute atomic E-state index is 0.0130. The van der Waals surface area contributed by atoms with E-state index in [0.717, 1.165) is 11.1 Å². The van der Waals surface area contributed by atoms with E-state index in [0.29, 0.717) is 6.54 Å². The third-order valence-corrected chi connectivity index (χ3v) is 3.53. The molecule has 0 spiro atoms. The molecule has 1 aromatic carbocycles. The zero-order valence-electron chi connectivity index (χ0n) is 12.0. The molecule has 1 atom stereocenters. The fourth-order valence-electron chi connectivity index (χ4n) is 2.25. The minimum atomic E-state index is -0.507. The molecule has 0 aliphatic carbocycles. The van der Waals surface area contributed by atoms with E-state index in [9.17, 15) is 9.59 Å². The number of nitrogens with one attached hydrogen (secondary N) is 1. The van der Waals surface area contributed by atoms with Gasteiger partial charge in [0.1, 0.15) is 0 Å². The highest BCUT2D eigenvalue weighted by Crippen LogP contribution is 2.18. The molecule has 0 saturated heterocycles. The summed E-state index contributed by atoms with van der Waals surface area (Å²) in [5, 5.41) is 3.20. The SMILES string of the molecule is CNC(Cn1ccn(C)c(=O)c1=O)c1ccccc1C. The highest BCUT2D eigenvalue weighted by molar-refractivity contribution is 5.28. The van der Waals surface area contributed by atoms with Crippen LogP contribution in [0.4, 0.5) is 0 Å². The van der Waals surface area contributed by atoms with Crippen LogP contribution >= 0.6 is 0 Å². The molecule has 0 bridgehead atoms. The lowest BCUT2D eigenvalue weighted by atomic mass is 10.0. The van der Waals surface area contributed by atoms with Gasteiger partial charge in [0.2, 0.25) is 0 Å². The Bertz CT molecular complexity index is 716. The molecule has 0 amide bonds. The zero-order chi connectivity index (χ0) is 14.7. The van der Waals surface area contributed by atoms with Gasteiger partial charge in [-0.1, -0.05) is 24.3 Å². The molecule has 2 rings (SSSR count). The summed E-state index contributed by atoms with van der Waals surface area (Å²) in [5.74, 6) is 0. The predicted molar refractivity (Wildman–Crippen MR) is 78.9 cm³/mol. The first-order chi connectivity index (χ1) is 9.54. The standard InChI is InChI=1S/C15H19N3O2/c1-11-6-4-5-7-12(11)13(16-2)10-18-9-8-17(3)14(19)15(18)20/h4-9,13,16H,10H2,1-3H3. The Morgan fingerprint density at radius 3 is 2.50 bits per heavy atom. The summed E-state index contributed by atoms with van der Waals surface area (Å²) >= 11 is 0. The number of likely N-dealkylation sites (N-methyl/N-ethyl adjacent to an activating group) is 1. The molecule has 1 aromatic heterocycles. The average molecular weight is 273 g/mol. The van der Waals surface area contributed by atoms with Crippen LogP contribution in [0.3, 0.4) is 0 Å². The molecule has 20 heavy (non-hydrogen) atoms. The second-order valence-corrected chi connectivity index (χ2v) is 4.87. The number of aromatic nitrogens is 2. The van der Waals surface area contributed by atoms with Gasteiger partial charge in [-0.3, -0.25) is 9.59 Å². The van der Waals surface area contributed by atoms with Crippen LogP contribution in [-0.4, -0.2) is 16.2 Å². The van der Waals surface area contributed by atoms with Crippen LogP contribution in [0, 0.1) is 6.92 Å². The van der Waals surface area contributed by atoms with Crippen molar-refractivity contribution in [2.24, 2.45) is 7.05 Å². The molecule has 0 aliphatic rings. The highest BCUT2D eigenvalue weighted by atomic mass is 16.2. The number of aryl methyl sites for hydroxylation is 2. The fourth-order valence-corrected chi connectivity index (χ4v) is 2.25. The number of hydrogen-bond donors (Lipinski definition) is 1. The third-order valence-electron chi connectivity index (χ3n) is 3.53. The van der Waals surface area contributed by atoms with Crippen LogP contribution in [0.2, 0.25) is 0 Å². The van der Waals surface area contributed by atoms with Crippen molar-refractivity contribution in [2.45, 2.75) is 19.5 Å². The van der Waals surface area contributed by atoms with Crippen LogP contribution in [0.25, 0.3) is 0 Å². The number of rotatable bonds is 4. The van der Waals surface area contributed by atoms with Crippen molar-refractivity contribution in [1.82, 2.24) is 14.5 Å². The van der Waals surface area contributed by atoms with Gasteiger partial charge in [-0.15, -0.1) is 0 Å². The lowest BCUT2D eigenvalue weighted by Gasteiger charge is -2.20. The van der Waals surface area contributed by atoms with Gasteiger partial charge in [0, 0.05) is 26.0 Å². The highest BCUT2D eigenvalue weighted by Gasteiger charge is 2.13. The van der Waals surface area contributed by atoms with Crippen LogP contribution < -0.4 is 16.4 Å². The molecule has 1 heterocycles. The molecule has 0 aliphatic heterocycles. The maximum Gasteiger partial charge on any atom is 0.316 e. The summed E-state index contributed by atoms with van der Waals surface area (Å²) in [5.41, 5.74) is 1.28. The predicted octanol–water partition coefficient (Wildman–Crippen LogP) is 0.816. The quantitative estimate of drug-likeness (QED) is 0.839. The monoisotopic (exact) mass is 273 g/mol. The maximum absolute atomic E-state index is 12.0. The van der Waals surface area contributed by atoms with E-state index in [4.69, 9.17) is 0 Å². The maximum atomic E-state index is 12.0. The van der Waals surface area contributed by atoms with Gasteiger partial charge in [0.15, 0.2) is 0 Å². The van der Waals surface area contributed by atoms with E-state index in [-0.39, 0.29) is 6.04 Å². The van der Waals surface area contributed by atoms with E-state index in [1.54, 1.807) is 19.4 Å². The molecule has 1 N–H and O–H groups in total. The molecular formula is C15H19N3O2. The van der Waals surface area contributed by atoms with Crippen molar-refractivity contribution in [3.05, 3.63) is 68.5 Å². The summed E-state index contributed by atoms with van der Waals surface area (Å²) in [6.07, 6.45) is 3.25. The van der Waals surface area contributed by atoms with Gasteiger partial charge >= 0.3 is 11.1 Å². The van der Waals surface area contributed by atoms with E-state index in [1.807, 2.05) is 38.2 Å². The Balaban J connectivity index is 2.37. The minimum Gasteiger partial charge on any atom is -0.312 e. The van der Waals surface area contributed by atoms with Crippen molar-refractivity contribution >= 4 is 0 Å². The van der Waals surface area contributed by atoms with Crippen molar-refractivity contribution < 1.29 is 0 Å². The summed E-state index contributed by atoms with van der Waals surface area (Å²) in [4.78, 5) is 23.6. The molecule has 5 nitrogen and oxygen atoms in total. The summed E-state index contributed by atoms with van der Waals surface area (Å²) in [7, 11) is 3.42. The fraction of sp³-hybridized carbons (Fsp3) is 0.333. The smallest absolute Gasteiger partial charge is 0.312 e. The Morgan fingerprint density at radius 2 is 1.85 bits per heavy atom. The summed E-state index contributed by atoms with van der Waals surface area (Å²) < 4.78 is 2.75. The molecule has 2 aromatic rings. The van der Waals surface area contributed by atoms with Gasteiger partial charge in [-0.25, -0.2) is 0 Å². The van der Waals surface area contributed by atoms with E-state index >= 15 is 0 Å².